The van der Waals surface area contributed by atoms with E-state index in [1.54, 1.807) is 19.2 Å². The van der Waals surface area contributed by atoms with Crippen LogP contribution in [0.25, 0.3) is 21.9 Å². The maximum atomic E-state index is 13.1. The number of aliphatic hydroxyl groups is 1. The molecule has 2 N–H and O–H groups in total. The van der Waals surface area contributed by atoms with E-state index >= 15 is 0 Å². The summed E-state index contributed by atoms with van der Waals surface area (Å²) in [7, 11) is 1.58. The quantitative estimate of drug-likeness (QED) is 0.651. The highest BCUT2D eigenvalue weighted by molar-refractivity contribution is 6.10. The molecule has 1 saturated carbocycles. The van der Waals surface area contributed by atoms with Crippen LogP contribution in [0.4, 0.5) is 0 Å². The number of hydrogen-bond donors (Lipinski definition) is 2. The molecular formula is C25H25N3O3. The number of nitriles is 1. The van der Waals surface area contributed by atoms with Gasteiger partial charge in [0, 0.05) is 17.5 Å². The largest absolute Gasteiger partial charge is 0.497 e. The van der Waals surface area contributed by atoms with Crippen LogP contribution >= 0.6 is 0 Å². The van der Waals surface area contributed by atoms with Gasteiger partial charge in [0.2, 0.25) is 0 Å². The summed E-state index contributed by atoms with van der Waals surface area (Å²) in [6.07, 6.45) is 4.37. The second-order valence-corrected chi connectivity index (χ2v) is 8.04. The van der Waals surface area contributed by atoms with Gasteiger partial charge in [0.1, 0.15) is 23.2 Å². The molecule has 0 bridgehead atoms. The average molecular weight is 415 g/mol. The van der Waals surface area contributed by atoms with E-state index in [0.29, 0.717) is 29.5 Å². The van der Waals surface area contributed by atoms with Gasteiger partial charge in [0.05, 0.1) is 12.7 Å². The lowest BCUT2D eigenvalue weighted by Gasteiger charge is -2.32. The Bertz CT molecular complexity index is 1150. The van der Waals surface area contributed by atoms with Crippen molar-refractivity contribution in [3.8, 4) is 22.9 Å². The summed E-state index contributed by atoms with van der Waals surface area (Å²) in [4.78, 5) is 17.5. The lowest BCUT2D eigenvalue weighted by molar-refractivity contribution is 0.00523. The Morgan fingerprint density at radius 1 is 1.16 bits per heavy atom. The Hall–Kier alpha value is -3.43. The molecule has 1 aromatic heterocycles. The molecule has 31 heavy (non-hydrogen) atoms. The number of aromatic nitrogens is 1. The van der Waals surface area contributed by atoms with Crippen molar-refractivity contribution in [1.29, 1.82) is 5.26 Å². The molecule has 158 valence electrons. The smallest absolute Gasteiger partial charge is 0.270 e. The Morgan fingerprint density at radius 3 is 2.58 bits per heavy atom. The molecule has 1 aliphatic carbocycles. The van der Waals surface area contributed by atoms with Gasteiger partial charge in [-0.1, -0.05) is 49.6 Å². The van der Waals surface area contributed by atoms with Crippen molar-refractivity contribution in [3.05, 3.63) is 59.9 Å². The fourth-order valence-corrected chi connectivity index (χ4v) is 4.29. The Kier molecular flexibility index (Phi) is 5.88. The number of carbonyl (C=O) groups is 1. The van der Waals surface area contributed by atoms with Crippen molar-refractivity contribution < 1.29 is 14.6 Å². The zero-order valence-electron chi connectivity index (χ0n) is 17.5. The first-order valence-corrected chi connectivity index (χ1v) is 10.5. The van der Waals surface area contributed by atoms with Gasteiger partial charge in [-0.2, -0.15) is 5.26 Å². The van der Waals surface area contributed by atoms with Crippen LogP contribution in [0.15, 0.2) is 48.5 Å². The Balaban J connectivity index is 1.79. The van der Waals surface area contributed by atoms with Gasteiger partial charge in [-0.15, -0.1) is 0 Å². The average Bonchev–Trinajstić information content (AvgIpc) is 2.82. The number of amides is 1. The molecule has 1 fully saturated rings. The number of nitrogens with one attached hydrogen (secondary N) is 1. The first kappa shape index (κ1) is 20.8. The summed E-state index contributed by atoms with van der Waals surface area (Å²) < 4.78 is 5.39. The monoisotopic (exact) mass is 415 g/mol. The van der Waals surface area contributed by atoms with Crippen LogP contribution in [0.2, 0.25) is 0 Å². The maximum Gasteiger partial charge on any atom is 0.270 e. The van der Waals surface area contributed by atoms with Crippen LogP contribution in [0.5, 0.6) is 5.75 Å². The molecule has 1 heterocycles. The van der Waals surface area contributed by atoms with E-state index in [-0.39, 0.29) is 17.9 Å². The topological polar surface area (TPSA) is 95.2 Å². The molecule has 3 aromatic rings. The molecule has 0 aliphatic heterocycles. The summed E-state index contributed by atoms with van der Waals surface area (Å²) in [5, 5.41) is 24.8. The number of methoxy groups -OCH3 is 1. The maximum absolute atomic E-state index is 13.1. The second-order valence-electron chi connectivity index (χ2n) is 8.04. The van der Waals surface area contributed by atoms with Gasteiger partial charge in [-0.25, -0.2) is 4.98 Å². The summed E-state index contributed by atoms with van der Waals surface area (Å²) in [6.45, 7) is 0.174. The van der Waals surface area contributed by atoms with Crippen molar-refractivity contribution in [2.24, 2.45) is 0 Å². The van der Waals surface area contributed by atoms with Crippen molar-refractivity contribution in [2.45, 2.75) is 37.7 Å². The molecule has 0 atom stereocenters. The molecule has 1 amide bonds. The lowest BCUT2D eigenvalue weighted by Crippen LogP contribution is -2.44. The van der Waals surface area contributed by atoms with E-state index in [9.17, 15) is 15.2 Å². The third kappa shape index (κ3) is 4.23. The first-order valence-electron chi connectivity index (χ1n) is 10.5. The van der Waals surface area contributed by atoms with Crippen molar-refractivity contribution in [3.63, 3.8) is 0 Å². The zero-order chi connectivity index (χ0) is 21.8. The van der Waals surface area contributed by atoms with Crippen LogP contribution in [0.3, 0.4) is 0 Å². The summed E-state index contributed by atoms with van der Waals surface area (Å²) in [5.41, 5.74) is 0.976. The molecule has 0 spiro atoms. The minimum absolute atomic E-state index is 0.174. The predicted molar refractivity (Wildman–Crippen MR) is 119 cm³/mol. The van der Waals surface area contributed by atoms with E-state index in [0.717, 1.165) is 30.2 Å². The van der Waals surface area contributed by atoms with Gasteiger partial charge >= 0.3 is 0 Å². The normalized spacial score (nSPS) is 15.3. The molecule has 0 saturated heterocycles. The van der Waals surface area contributed by atoms with Crippen LogP contribution < -0.4 is 10.1 Å². The van der Waals surface area contributed by atoms with E-state index < -0.39 is 11.5 Å². The van der Waals surface area contributed by atoms with Gasteiger partial charge in [0.15, 0.2) is 0 Å². The summed E-state index contributed by atoms with van der Waals surface area (Å²) in [5.74, 6) is 0.230. The van der Waals surface area contributed by atoms with Crippen molar-refractivity contribution >= 4 is 16.7 Å². The van der Waals surface area contributed by atoms with Crippen LogP contribution in [-0.2, 0) is 0 Å². The fraction of sp³-hybridized carbons (Fsp3) is 0.320. The minimum atomic E-state index is -0.880. The molecular weight excluding hydrogens is 390 g/mol. The minimum Gasteiger partial charge on any atom is -0.497 e. The molecule has 0 unspecified atom stereocenters. The third-order valence-electron chi connectivity index (χ3n) is 5.96. The number of rotatable bonds is 5. The number of pyridine rings is 1. The van der Waals surface area contributed by atoms with Crippen LogP contribution in [0, 0.1) is 11.3 Å². The van der Waals surface area contributed by atoms with E-state index in [1.165, 1.54) is 0 Å². The molecule has 0 radical (unpaired) electrons. The molecule has 2 aromatic carbocycles. The molecule has 6 heteroatoms. The van der Waals surface area contributed by atoms with E-state index in [2.05, 4.69) is 16.4 Å². The van der Waals surface area contributed by atoms with E-state index in [4.69, 9.17) is 4.74 Å². The predicted octanol–water partition coefficient (Wildman–Crippen LogP) is 4.21. The van der Waals surface area contributed by atoms with Gasteiger partial charge in [-0.05, 0) is 42.0 Å². The standard InChI is InChI=1S/C25H25N3O3/c1-31-18-10-11-19-20(14-18)22(17-8-4-2-5-9-17)21(15-26)28-23(19)24(29)27-16-25(30)12-6-3-7-13-25/h2,4-5,8-11,14,30H,3,6-7,12-13,16H2,1H3,(H,27,29). The lowest BCUT2D eigenvalue weighted by atomic mass is 9.85. The van der Waals surface area contributed by atoms with Gasteiger partial charge in [-0.3, -0.25) is 4.79 Å². The highest BCUT2D eigenvalue weighted by Crippen LogP contribution is 2.35. The SMILES string of the molecule is COc1ccc2c(C(=O)NCC3(O)CCCCC3)nc(C#N)c(-c3ccccc3)c2c1. The third-order valence-corrected chi connectivity index (χ3v) is 5.96. The van der Waals surface area contributed by atoms with Gasteiger partial charge < -0.3 is 15.2 Å². The summed E-state index contributed by atoms with van der Waals surface area (Å²) in [6, 6.07) is 17.1. The van der Waals surface area contributed by atoms with Crippen LogP contribution in [0.1, 0.15) is 48.3 Å². The molecule has 4 rings (SSSR count). The first-order chi connectivity index (χ1) is 15.0. The highest BCUT2D eigenvalue weighted by Gasteiger charge is 2.30. The van der Waals surface area contributed by atoms with Crippen molar-refractivity contribution in [1.82, 2.24) is 10.3 Å². The number of hydrogen-bond acceptors (Lipinski definition) is 5. The summed E-state index contributed by atoms with van der Waals surface area (Å²) >= 11 is 0. The number of ether oxygens (including phenoxy) is 1. The van der Waals surface area contributed by atoms with E-state index in [1.807, 2.05) is 36.4 Å². The number of benzene rings is 2. The fourth-order valence-electron chi connectivity index (χ4n) is 4.29. The molecule has 6 nitrogen and oxygen atoms in total. The number of nitrogens with zero attached hydrogens (tertiary/aromatic N) is 2. The number of fused-ring (bicyclic) bond motifs is 1. The van der Waals surface area contributed by atoms with Gasteiger partial charge in [0.25, 0.3) is 5.91 Å². The number of carbonyl (C=O) groups excluding carboxylic acids is 1. The van der Waals surface area contributed by atoms with Crippen molar-refractivity contribution in [2.75, 3.05) is 13.7 Å². The van der Waals surface area contributed by atoms with Crippen LogP contribution in [-0.4, -0.2) is 35.3 Å². The second kappa shape index (κ2) is 8.75. The Morgan fingerprint density at radius 2 is 1.90 bits per heavy atom. The Labute approximate surface area is 181 Å². The molecule has 1 aliphatic rings. The highest BCUT2D eigenvalue weighted by atomic mass is 16.5. The zero-order valence-corrected chi connectivity index (χ0v) is 17.5.